The van der Waals surface area contributed by atoms with E-state index in [1.165, 1.54) is 32.2 Å². The van der Waals surface area contributed by atoms with Crippen molar-refractivity contribution in [3.05, 3.63) is 29.3 Å². The summed E-state index contributed by atoms with van der Waals surface area (Å²) >= 11 is 0. The second-order valence-electron chi connectivity index (χ2n) is 4.11. The number of hydrogen-bond acceptors (Lipinski definition) is 4. The molecule has 108 valence electrons. The van der Waals surface area contributed by atoms with E-state index in [1.807, 2.05) is 0 Å². The van der Waals surface area contributed by atoms with E-state index in [-0.39, 0.29) is 5.56 Å². The van der Waals surface area contributed by atoms with E-state index in [9.17, 15) is 14.4 Å². The SMILES string of the molecule is CNC(=O)NC(=O)C(C)Oc1ccc(C(=O)O)cc1C. The van der Waals surface area contributed by atoms with Crippen LogP contribution in [0.1, 0.15) is 22.8 Å². The lowest BCUT2D eigenvalue weighted by molar-refractivity contribution is -0.126. The number of aryl methyl sites for hydroxylation is 1. The lowest BCUT2D eigenvalue weighted by Gasteiger charge is -2.15. The van der Waals surface area contributed by atoms with Crippen LogP contribution in [0.15, 0.2) is 18.2 Å². The quantitative estimate of drug-likeness (QED) is 0.760. The molecule has 0 aliphatic heterocycles. The van der Waals surface area contributed by atoms with Crippen LogP contribution >= 0.6 is 0 Å². The second kappa shape index (κ2) is 6.55. The number of amides is 3. The molecule has 0 saturated carbocycles. The van der Waals surface area contributed by atoms with Crippen LogP contribution in [0.2, 0.25) is 0 Å². The maximum absolute atomic E-state index is 11.6. The van der Waals surface area contributed by atoms with Crippen LogP contribution in [0.25, 0.3) is 0 Å². The van der Waals surface area contributed by atoms with E-state index in [1.54, 1.807) is 6.92 Å². The summed E-state index contributed by atoms with van der Waals surface area (Å²) in [6.07, 6.45) is -0.887. The molecule has 0 spiro atoms. The van der Waals surface area contributed by atoms with Crippen molar-refractivity contribution in [3.8, 4) is 5.75 Å². The van der Waals surface area contributed by atoms with Crippen molar-refractivity contribution in [3.63, 3.8) is 0 Å². The average Bonchev–Trinajstić information content (AvgIpc) is 2.40. The fourth-order valence-corrected chi connectivity index (χ4v) is 1.43. The Hall–Kier alpha value is -2.57. The van der Waals surface area contributed by atoms with Crippen LogP contribution < -0.4 is 15.4 Å². The van der Waals surface area contributed by atoms with Crippen LogP contribution in [-0.4, -0.2) is 36.2 Å². The number of carbonyl (C=O) groups excluding carboxylic acids is 2. The standard InChI is InChI=1S/C13H16N2O5/c1-7-6-9(12(17)18)4-5-10(7)20-8(2)11(16)15-13(19)14-3/h4-6,8H,1-3H3,(H,17,18)(H2,14,15,16,19). The van der Waals surface area contributed by atoms with Gasteiger partial charge in [-0.1, -0.05) is 0 Å². The van der Waals surface area contributed by atoms with Gasteiger partial charge in [0.25, 0.3) is 5.91 Å². The number of ether oxygens (including phenoxy) is 1. The van der Waals surface area contributed by atoms with E-state index in [0.29, 0.717) is 11.3 Å². The number of imide groups is 1. The van der Waals surface area contributed by atoms with Crippen LogP contribution in [0.5, 0.6) is 5.75 Å². The number of aromatic carboxylic acids is 1. The van der Waals surface area contributed by atoms with Crippen LogP contribution in [0, 0.1) is 6.92 Å². The molecule has 1 aromatic carbocycles. The van der Waals surface area contributed by atoms with E-state index >= 15 is 0 Å². The first kappa shape index (κ1) is 15.5. The van der Waals surface area contributed by atoms with Crippen molar-refractivity contribution in [1.82, 2.24) is 10.6 Å². The molecule has 0 aliphatic carbocycles. The number of hydrogen-bond donors (Lipinski definition) is 3. The molecule has 3 N–H and O–H groups in total. The molecule has 0 radical (unpaired) electrons. The van der Waals surface area contributed by atoms with E-state index in [0.717, 1.165) is 0 Å². The van der Waals surface area contributed by atoms with Gasteiger partial charge in [0.15, 0.2) is 6.10 Å². The number of carboxylic acid groups (broad SMARTS) is 1. The topological polar surface area (TPSA) is 105 Å². The minimum absolute atomic E-state index is 0.136. The molecule has 7 heteroatoms. The molecule has 0 heterocycles. The van der Waals surface area contributed by atoms with Crippen molar-refractivity contribution in [1.29, 1.82) is 0 Å². The van der Waals surface area contributed by atoms with Gasteiger partial charge in [-0.2, -0.15) is 0 Å². The molecule has 1 aromatic rings. The summed E-state index contributed by atoms with van der Waals surface area (Å²) in [5, 5.41) is 13.2. The lowest BCUT2D eigenvalue weighted by atomic mass is 10.1. The monoisotopic (exact) mass is 280 g/mol. The predicted octanol–water partition coefficient (Wildman–Crippen LogP) is 0.916. The summed E-state index contributed by atoms with van der Waals surface area (Å²) < 4.78 is 5.40. The molecular weight excluding hydrogens is 264 g/mol. The highest BCUT2D eigenvalue weighted by Gasteiger charge is 2.18. The first-order chi connectivity index (χ1) is 9.35. The van der Waals surface area contributed by atoms with Gasteiger partial charge in [-0.15, -0.1) is 0 Å². The first-order valence-electron chi connectivity index (χ1n) is 5.88. The van der Waals surface area contributed by atoms with Crippen LogP contribution in [0.4, 0.5) is 4.79 Å². The number of carboxylic acids is 1. The lowest BCUT2D eigenvalue weighted by Crippen LogP contribution is -2.44. The summed E-state index contributed by atoms with van der Waals surface area (Å²) in [5.41, 5.74) is 0.724. The Morgan fingerprint density at radius 2 is 1.95 bits per heavy atom. The van der Waals surface area contributed by atoms with E-state index in [2.05, 4.69) is 10.6 Å². The van der Waals surface area contributed by atoms with Gasteiger partial charge in [0.1, 0.15) is 5.75 Å². The summed E-state index contributed by atoms with van der Waals surface area (Å²) in [4.78, 5) is 33.4. The third kappa shape index (κ3) is 3.98. The number of benzene rings is 1. The Balaban J connectivity index is 2.75. The molecule has 0 saturated heterocycles. The van der Waals surface area contributed by atoms with Gasteiger partial charge in [-0.05, 0) is 37.6 Å². The highest BCUT2D eigenvalue weighted by atomic mass is 16.5. The molecule has 0 fully saturated rings. The Morgan fingerprint density at radius 1 is 1.30 bits per heavy atom. The third-order valence-corrected chi connectivity index (χ3v) is 2.56. The van der Waals surface area contributed by atoms with Crippen molar-refractivity contribution < 1.29 is 24.2 Å². The van der Waals surface area contributed by atoms with Gasteiger partial charge in [0.05, 0.1) is 5.56 Å². The number of nitrogens with one attached hydrogen (secondary N) is 2. The van der Waals surface area contributed by atoms with Crippen molar-refractivity contribution >= 4 is 17.9 Å². The highest BCUT2D eigenvalue weighted by Crippen LogP contribution is 2.20. The zero-order valence-corrected chi connectivity index (χ0v) is 11.4. The number of carbonyl (C=O) groups is 3. The Bertz CT molecular complexity index is 542. The minimum atomic E-state index is -1.04. The molecule has 1 rings (SSSR count). The molecule has 1 unspecified atom stereocenters. The largest absolute Gasteiger partial charge is 0.481 e. The zero-order chi connectivity index (χ0) is 15.3. The summed E-state index contributed by atoms with van der Waals surface area (Å²) in [6, 6.07) is 3.68. The zero-order valence-electron chi connectivity index (χ0n) is 11.4. The molecular formula is C13H16N2O5. The summed E-state index contributed by atoms with van der Waals surface area (Å²) in [5.74, 6) is -1.24. The normalized spacial score (nSPS) is 11.3. The number of urea groups is 1. The smallest absolute Gasteiger partial charge is 0.335 e. The molecule has 3 amide bonds. The molecule has 0 aliphatic rings. The Labute approximate surface area is 115 Å². The van der Waals surface area contributed by atoms with Crippen LogP contribution in [0.3, 0.4) is 0 Å². The Kier molecular flexibility index (Phi) is 5.08. The van der Waals surface area contributed by atoms with Gasteiger partial charge >= 0.3 is 12.0 Å². The van der Waals surface area contributed by atoms with Crippen molar-refractivity contribution in [2.75, 3.05) is 7.05 Å². The third-order valence-electron chi connectivity index (χ3n) is 2.56. The van der Waals surface area contributed by atoms with Gasteiger partial charge in [-0.3, -0.25) is 10.1 Å². The van der Waals surface area contributed by atoms with Crippen molar-refractivity contribution in [2.45, 2.75) is 20.0 Å². The molecule has 20 heavy (non-hydrogen) atoms. The average molecular weight is 280 g/mol. The molecule has 0 bridgehead atoms. The predicted molar refractivity (Wildman–Crippen MR) is 70.8 cm³/mol. The first-order valence-corrected chi connectivity index (χ1v) is 5.88. The minimum Gasteiger partial charge on any atom is -0.481 e. The van der Waals surface area contributed by atoms with E-state index < -0.39 is 24.0 Å². The van der Waals surface area contributed by atoms with Gasteiger partial charge in [-0.25, -0.2) is 9.59 Å². The van der Waals surface area contributed by atoms with Gasteiger partial charge < -0.3 is 15.2 Å². The molecule has 1 atom stereocenters. The fourth-order valence-electron chi connectivity index (χ4n) is 1.43. The fraction of sp³-hybridized carbons (Fsp3) is 0.308. The van der Waals surface area contributed by atoms with Gasteiger partial charge in [0, 0.05) is 7.05 Å². The Morgan fingerprint density at radius 3 is 2.45 bits per heavy atom. The van der Waals surface area contributed by atoms with E-state index in [4.69, 9.17) is 9.84 Å². The number of rotatable bonds is 4. The maximum atomic E-state index is 11.6. The summed E-state index contributed by atoms with van der Waals surface area (Å²) in [6.45, 7) is 3.16. The van der Waals surface area contributed by atoms with Crippen molar-refractivity contribution in [2.24, 2.45) is 0 Å². The van der Waals surface area contributed by atoms with Crippen LogP contribution in [-0.2, 0) is 4.79 Å². The van der Waals surface area contributed by atoms with Gasteiger partial charge in [0.2, 0.25) is 0 Å². The molecule has 0 aromatic heterocycles. The maximum Gasteiger partial charge on any atom is 0.335 e. The summed E-state index contributed by atoms with van der Waals surface area (Å²) in [7, 11) is 1.39. The highest BCUT2D eigenvalue weighted by molar-refractivity contribution is 5.96. The molecule has 7 nitrogen and oxygen atoms in total. The second-order valence-corrected chi connectivity index (χ2v) is 4.11.